The minimum atomic E-state index is -0.213. The fraction of sp³-hybridized carbons (Fsp3) is 0.250. The summed E-state index contributed by atoms with van der Waals surface area (Å²) in [5.41, 5.74) is 0. The molecule has 0 fully saturated rings. The summed E-state index contributed by atoms with van der Waals surface area (Å²) in [6.07, 6.45) is 4.65. The zero-order valence-corrected chi connectivity index (χ0v) is 4.66. The lowest BCUT2D eigenvalue weighted by atomic mass is 10.5. The molecule has 0 N–H and O–H groups in total. The van der Waals surface area contributed by atoms with E-state index < -0.39 is 0 Å². The Labute approximate surface area is 44.9 Å². The lowest BCUT2D eigenvalue weighted by molar-refractivity contribution is -0.111. The van der Waals surface area contributed by atoms with Crippen LogP contribution in [-0.2, 0) is 4.79 Å². The van der Waals surface area contributed by atoms with Gasteiger partial charge in [0.15, 0.2) is 0 Å². The summed E-state index contributed by atoms with van der Waals surface area (Å²) in [5.74, 6) is 1.72. The largest absolute Gasteiger partial charge is 0.284 e. The third-order valence-corrected chi connectivity index (χ3v) is 0.792. The van der Waals surface area contributed by atoms with Gasteiger partial charge in [0.05, 0.1) is 5.33 Å². The van der Waals surface area contributed by atoms with Crippen molar-refractivity contribution in [1.82, 2.24) is 0 Å². The molecule has 0 amide bonds. The van der Waals surface area contributed by atoms with Crippen LogP contribution in [0.3, 0.4) is 0 Å². The van der Waals surface area contributed by atoms with Crippen molar-refractivity contribution >= 4 is 21.7 Å². The minimum absolute atomic E-state index is 0.213. The number of alkyl halides is 1. The maximum absolute atomic E-state index is 9.90. The summed E-state index contributed by atoms with van der Waals surface area (Å²) >= 11 is 2.88. The Bertz CT molecular complexity index is 90.2. The molecule has 0 aliphatic rings. The molecule has 0 bridgehead atoms. The van der Waals surface area contributed by atoms with Gasteiger partial charge in [0, 0.05) is 0 Å². The predicted octanol–water partition coefficient (Wildman–Crippen LogP) is 0.584. The van der Waals surface area contributed by atoms with Gasteiger partial charge in [0.2, 0.25) is 5.78 Å². The highest BCUT2D eigenvalue weighted by molar-refractivity contribution is 9.09. The van der Waals surface area contributed by atoms with Crippen LogP contribution in [0, 0.1) is 12.3 Å². The number of terminal acetylenes is 1. The zero-order chi connectivity index (χ0) is 4.99. The van der Waals surface area contributed by atoms with Crippen molar-refractivity contribution in [3.63, 3.8) is 0 Å². The van der Waals surface area contributed by atoms with Gasteiger partial charge in [-0.15, -0.1) is 6.42 Å². The van der Waals surface area contributed by atoms with Crippen LogP contribution in [0.2, 0.25) is 0 Å². The van der Waals surface area contributed by atoms with Crippen LogP contribution in [-0.4, -0.2) is 11.1 Å². The van der Waals surface area contributed by atoms with Crippen molar-refractivity contribution in [2.24, 2.45) is 0 Å². The molecule has 0 radical (unpaired) electrons. The Morgan fingerprint density at radius 2 is 2.50 bits per heavy atom. The number of carbonyl (C=O) groups excluding carboxylic acids is 1. The van der Waals surface area contributed by atoms with Crippen molar-refractivity contribution in [1.29, 1.82) is 0 Å². The number of carbonyl (C=O) groups is 1. The molecule has 0 aliphatic heterocycles. The Balaban J connectivity index is 3.33. The average Bonchev–Trinajstić information content (AvgIpc) is 1.65. The lowest BCUT2D eigenvalue weighted by Crippen LogP contribution is -1.90. The fourth-order valence-electron chi connectivity index (χ4n) is 0.0386. The van der Waals surface area contributed by atoms with Gasteiger partial charge in [-0.25, -0.2) is 0 Å². The molecule has 32 valence electrons. The number of Topliss-reactive ketones (excluding diaryl/α,β-unsaturated/α-hetero) is 1. The van der Waals surface area contributed by atoms with Crippen molar-refractivity contribution < 1.29 is 4.79 Å². The molecule has 0 aromatic heterocycles. The topological polar surface area (TPSA) is 17.1 Å². The Morgan fingerprint density at radius 1 is 2.00 bits per heavy atom. The molecule has 0 rings (SSSR count). The van der Waals surface area contributed by atoms with E-state index in [0.29, 0.717) is 0 Å². The molecular formula is C4H3BrO. The molecule has 0 unspecified atom stereocenters. The molecule has 0 spiro atoms. The van der Waals surface area contributed by atoms with Gasteiger partial charge in [-0.05, 0) is 5.92 Å². The summed E-state index contributed by atoms with van der Waals surface area (Å²) in [4.78, 5) is 9.90. The third-order valence-electron chi connectivity index (χ3n) is 0.282. The summed E-state index contributed by atoms with van der Waals surface area (Å²) in [6.45, 7) is 0. The van der Waals surface area contributed by atoms with Gasteiger partial charge in [-0.2, -0.15) is 0 Å². The summed E-state index contributed by atoms with van der Waals surface area (Å²) in [7, 11) is 0. The second-order valence-electron chi connectivity index (χ2n) is 0.701. The first-order valence-corrected chi connectivity index (χ1v) is 2.49. The molecule has 0 aromatic rings. The average molecular weight is 147 g/mol. The number of hydrogen-bond acceptors (Lipinski definition) is 1. The van der Waals surface area contributed by atoms with Crippen LogP contribution in [0.25, 0.3) is 0 Å². The van der Waals surface area contributed by atoms with Crippen LogP contribution in [0.15, 0.2) is 0 Å². The minimum Gasteiger partial charge on any atom is -0.284 e. The fourth-order valence-corrected chi connectivity index (χ4v) is 0.200. The highest BCUT2D eigenvalue weighted by Gasteiger charge is 1.84. The SMILES string of the molecule is C#CC(=O)CBr. The Hall–Kier alpha value is -0.290. The Morgan fingerprint density at radius 3 is 2.50 bits per heavy atom. The van der Waals surface area contributed by atoms with Gasteiger partial charge >= 0.3 is 0 Å². The molecule has 0 saturated heterocycles. The van der Waals surface area contributed by atoms with E-state index >= 15 is 0 Å². The highest BCUT2D eigenvalue weighted by Crippen LogP contribution is 1.76. The standard InChI is InChI=1S/C4H3BrO/c1-2-4(6)3-5/h1H,3H2. The molecule has 2 heteroatoms. The smallest absolute Gasteiger partial charge is 0.215 e. The predicted molar refractivity (Wildman–Crippen MR) is 27.6 cm³/mol. The Kier molecular flexibility index (Phi) is 2.78. The van der Waals surface area contributed by atoms with Crippen LogP contribution in [0.1, 0.15) is 0 Å². The van der Waals surface area contributed by atoms with Crippen molar-refractivity contribution in [3.8, 4) is 12.3 Å². The number of hydrogen-bond donors (Lipinski definition) is 0. The van der Waals surface area contributed by atoms with Gasteiger partial charge in [0.25, 0.3) is 0 Å². The molecule has 0 saturated carbocycles. The maximum atomic E-state index is 9.90. The van der Waals surface area contributed by atoms with Gasteiger partial charge < -0.3 is 0 Å². The highest BCUT2D eigenvalue weighted by atomic mass is 79.9. The normalized spacial score (nSPS) is 6.67. The number of rotatable bonds is 1. The maximum Gasteiger partial charge on any atom is 0.215 e. The van der Waals surface area contributed by atoms with E-state index in [-0.39, 0.29) is 11.1 Å². The second-order valence-corrected chi connectivity index (χ2v) is 1.26. The van der Waals surface area contributed by atoms with Crippen LogP contribution in [0.5, 0.6) is 0 Å². The molecule has 0 atom stereocenters. The molecule has 0 aliphatic carbocycles. The molecule has 1 nitrogen and oxygen atoms in total. The van der Waals surface area contributed by atoms with E-state index in [1.807, 2.05) is 5.92 Å². The van der Waals surface area contributed by atoms with E-state index in [1.54, 1.807) is 0 Å². The lowest BCUT2D eigenvalue weighted by Gasteiger charge is -1.69. The van der Waals surface area contributed by atoms with Gasteiger partial charge in [0.1, 0.15) is 0 Å². The van der Waals surface area contributed by atoms with E-state index in [4.69, 9.17) is 0 Å². The first-order chi connectivity index (χ1) is 2.81. The first-order valence-electron chi connectivity index (χ1n) is 1.36. The number of ketones is 1. The van der Waals surface area contributed by atoms with Crippen molar-refractivity contribution in [2.45, 2.75) is 0 Å². The molecule has 6 heavy (non-hydrogen) atoms. The first kappa shape index (κ1) is 5.71. The summed E-state index contributed by atoms with van der Waals surface area (Å²) in [5, 5.41) is 0.267. The van der Waals surface area contributed by atoms with E-state index in [0.717, 1.165) is 0 Å². The summed E-state index contributed by atoms with van der Waals surface area (Å²) < 4.78 is 0. The zero-order valence-electron chi connectivity index (χ0n) is 3.07. The second kappa shape index (κ2) is 2.92. The third kappa shape index (κ3) is 1.98. The monoisotopic (exact) mass is 146 g/mol. The summed E-state index contributed by atoms with van der Waals surface area (Å²) in [6, 6.07) is 0. The van der Waals surface area contributed by atoms with E-state index in [9.17, 15) is 4.79 Å². The van der Waals surface area contributed by atoms with Crippen LogP contribution >= 0.6 is 15.9 Å². The molecular weight excluding hydrogens is 144 g/mol. The molecule has 0 heterocycles. The van der Waals surface area contributed by atoms with E-state index in [1.165, 1.54) is 0 Å². The van der Waals surface area contributed by atoms with Crippen LogP contribution < -0.4 is 0 Å². The van der Waals surface area contributed by atoms with Gasteiger partial charge in [-0.3, -0.25) is 4.79 Å². The quantitative estimate of drug-likeness (QED) is 0.301. The molecule has 0 aromatic carbocycles. The van der Waals surface area contributed by atoms with Crippen molar-refractivity contribution in [2.75, 3.05) is 5.33 Å². The number of halogens is 1. The van der Waals surface area contributed by atoms with Gasteiger partial charge in [-0.1, -0.05) is 15.9 Å². The van der Waals surface area contributed by atoms with E-state index in [2.05, 4.69) is 22.4 Å². The van der Waals surface area contributed by atoms with Crippen molar-refractivity contribution in [3.05, 3.63) is 0 Å². The van der Waals surface area contributed by atoms with Crippen LogP contribution in [0.4, 0.5) is 0 Å².